The van der Waals surface area contributed by atoms with Crippen molar-refractivity contribution >= 4 is 34.8 Å². The highest BCUT2D eigenvalue weighted by Crippen LogP contribution is 2.33. The molecule has 1 aromatic heterocycles. The van der Waals surface area contributed by atoms with Gasteiger partial charge in [-0.25, -0.2) is 0 Å². The fraction of sp³-hybridized carbons (Fsp3) is 0.429. The van der Waals surface area contributed by atoms with E-state index in [0.29, 0.717) is 54.5 Å². The molecule has 3 rings (SSSR count). The van der Waals surface area contributed by atoms with E-state index in [-0.39, 0.29) is 11.8 Å². The van der Waals surface area contributed by atoms with Crippen LogP contribution in [0.2, 0.25) is 4.34 Å². The Labute approximate surface area is 179 Å². The van der Waals surface area contributed by atoms with Crippen molar-refractivity contribution in [3.05, 3.63) is 45.1 Å². The van der Waals surface area contributed by atoms with Crippen LogP contribution in [0.3, 0.4) is 0 Å². The number of hydrogen-bond acceptors (Lipinski definition) is 5. The van der Waals surface area contributed by atoms with Crippen LogP contribution in [-0.4, -0.2) is 31.6 Å². The van der Waals surface area contributed by atoms with Gasteiger partial charge in [0.05, 0.1) is 25.1 Å². The van der Waals surface area contributed by atoms with Crippen molar-refractivity contribution in [1.82, 2.24) is 10.6 Å². The zero-order valence-corrected chi connectivity index (χ0v) is 18.1. The minimum Gasteiger partial charge on any atom is -0.493 e. The molecule has 2 aromatic rings. The molecule has 0 aliphatic carbocycles. The molecule has 0 unspecified atom stereocenters. The zero-order valence-electron chi connectivity index (χ0n) is 16.5. The van der Waals surface area contributed by atoms with Gasteiger partial charge in [0.1, 0.15) is 0 Å². The van der Waals surface area contributed by atoms with Crippen LogP contribution in [0.15, 0.2) is 30.3 Å². The lowest BCUT2D eigenvalue weighted by Gasteiger charge is -2.29. The highest BCUT2D eigenvalue weighted by Gasteiger charge is 2.38. The molecule has 0 saturated carbocycles. The van der Waals surface area contributed by atoms with Gasteiger partial charge < -0.3 is 20.1 Å². The third-order valence-corrected chi connectivity index (χ3v) is 6.38. The molecule has 2 N–H and O–H groups in total. The topological polar surface area (TPSA) is 76.7 Å². The molecular formula is C21H25ClN2O4S. The molecule has 2 heterocycles. The summed E-state index contributed by atoms with van der Waals surface area (Å²) in [5, 5.41) is 6.03. The van der Waals surface area contributed by atoms with Crippen molar-refractivity contribution in [1.29, 1.82) is 0 Å². The Morgan fingerprint density at radius 1 is 1.24 bits per heavy atom. The zero-order chi connectivity index (χ0) is 20.9. The summed E-state index contributed by atoms with van der Waals surface area (Å²) in [7, 11) is 3.19. The fourth-order valence-electron chi connectivity index (χ4n) is 3.64. The summed E-state index contributed by atoms with van der Waals surface area (Å²) >= 11 is 7.37. The van der Waals surface area contributed by atoms with E-state index >= 15 is 0 Å². The number of benzene rings is 1. The van der Waals surface area contributed by atoms with Gasteiger partial charge in [0.2, 0.25) is 11.8 Å². The predicted octanol–water partition coefficient (Wildman–Crippen LogP) is 3.71. The van der Waals surface area contributed by atoms with Gasteiger partial charge in [0.25, 0.3) is 0 Å². The number of hydrogen-bond donors (Lipinski definition) is 2. The molecule has 156 valence electrons. The van der Waals surface area contributed by atoms with Crippen LogP contribution in [0.4, 0.5) is 0 Å². The fourth-order valence-corrected chi connectivity index (χ4v) is 4.66. The van der Waals surface area contributed by atoms with Gasteiger partial charge in [-0.2, -0.15) is 0 Å². The third kappa shape index (κ3) is 5.64. The number of rotatable bonds is 9. The Balaban J connectivity index is 1.62. The largest absolute Gasteiger partial charge is 0.493 e. The Morgan fingerprint density at radius 2 is 2.03 bits per heavy atom. The Kier molecular flexibility index (Phi) is 7.03. The van der Waals surface area contributed by atoms with Crippen LogP contribution in [0.1, 0.15) is 36.1 Å². The van der Waals surface area contributed by atoms with Crippen LogP contribution in [-0.2, 0) is 22.6 Å². The van der Waals surface area contributed by atoms with Crippen LogP contribution in [0, 0.1) is 0 Å². The Morgan fingerprint density at radius 3 is 2.66 bits per heavy atom. The van der Waals surface area contributed by atoms with Gasteiger partial charge in [-0.15, -0.1) is 11.3 Å². The molecule has 6 nitrogen and oxygen atoms in total. The number of nitrogens with one attached hydrogen (secondary N) is 2. The maximum Gasteiger partial charge on any atom is 0.220 e. The van der Waals surface area contributed by atoms with Crippen molar-refractivity contribution in [3.63, 3.8) is 0 Å². The number of carbonyl (C=O) groups excluding carboxylic acids is 2. The van der Waals surface area contributed by atoms with Crippen LogP contribution in [0.5, 0.6) is 11.5 Å². The smallest absolute Gasteiger partial charge is 0.220 e. The number of methoxy groups -OCH3 is 2. The predicted molar refractivity (Wildman–Crippen MR) is 114 cm³/mol. The van der Waals surface area contributed by atoms with Crippen LogP contribution in [0.25, 0.3) is 0 Å². The van der Waals surface area contributed by atoms with E-state index in [4.69, 9.17) is 21.1 Å². The molecule has 1 saturated heterocycles. The molecular weight excluding hydrogens is 412 g/mol. The second-order valence-electron chi connectivity index (χ2n) is 7.18. The average molecular weight is 437 g/mol. The standard InChI is InChI=1S/C21H25ClN2O4S/c1-27-16-5-3-14(11-17(16)28-2)12-21(10-8-20(26)24-21)9-7-19(25)23-13-15-4-6-18(22)29-15/h3-6,11H,7-10,12-13H2,1-2H3,(H,23,25)(H,24,26)/t21-/m1/s1. The van der Waals surface area contributed by atoms with Gasteiger partial charge in [0.15, 0.2) is 11.5 Å². The van der Waals surface area contributed by atoms with E-state index < -0.39 is 5.54 Å². The second kappa shape index (κ2) is 9.50. The van der Waals surface area contributed by atoms with Gasteiger partial charge in [-0.05, 0) is 49.1 Å². The first-order valence-electron chi connectivity index (χ1n) is 9.46. The maximum atomic E-state index is 12.4. The van der Waals surface area contributed by atoms with Crippen molar-refractivity contribution in [2.75, 3.05) is 14.2 Å². The first kappa shape index (κ1) is 21.5. The maximum absolute atomic E-state index is 12.4. The van der Waals surface area contributed by atoms with E-state index in [9.17, 15) is 9.59 Å². The van der Waals surface area contributed by atoms with Crippen LogP contribution < -0.4 is 20.1 Å². The molecule has 2 amide bonds. The quantitative estimate of drug-likeness (QED) is 0.628. The van der Waals surface area contributed by atoms with E-state index in [0.717, 1.165) is 10.4 Å². The summed E-state index contributed by atoms with van der Waals surface area (Å²) in [6, 6.07) is 9.47. The monoisotopic (exact) mass is 436 g/mol. The van der Waals surface area contributed by atoms with Gasteiger partial charge in [0, 0.05) is 23.3 Å². The lowest BCUT2D eigenvalue weighted by Crippen LogP contribution is -2.44. The lowest BCUT2D eigenvalue weighted by molar-refractivity contribution is -0.122. The lowest BCUT2D eigenvalue weighted by atomic mass is 9.85. The SMILES string of the molecule is COc1ccc(C[C@@]2(CCC(=O)NCc3ccc(Cl)s3)CCC(=O)N2)cc1OC. The highest BCUT2D eigenvalue weighted by molar-refractivity contribution is 7.16. The minimum absolute atomic E-state index is 0.0270. The molecule has 0 bridgehead atoms. The molecule has 1 aromatic carbocycles. The Hall–Kier alpha value is -2.25. The number of thiophene rings is 1. The molecule has 0 radical (unpaired) electrons. The highest BCUT2D eigenvalue weighted by atomic mass is 35.5. The van der Waals surface area contributed by atoms with E-state index in [1.807, 2.05) is 30.3 Å². The van der Waals surface area contributed by atoms with Crippen LogP contribution >= 0.6 is 22.9 Å². The van der Waals surface area contributed by atoms with E-state index in [2.05, 4.69) is 10.6 Å². The van der Waals surface area contributed by atoms with Crippen molar-refractivity contribution in [2.24, 2.45) is 0 Å². The molecule has 1 atom stereocenters. The summed E-state index contributed by atoms with van der Waals surface area (Å²) < 4.78 is 11.4. The summed E-state index contributed by atoms with van der Waals surface area (Å²) in [5.41, 5.74) is 0.596. The molecule has 29 heavy (non-hydrogen) atoms. The summed E-state index contributed by atoms with van der Waals surface area (Å²) in [4.78, 5) is 25.3. The van der Waals surface area contributed by atoms with E-state index in [1.165, 1.54) is 11.3 Å². The second-order valence-corrected chi connectivity index (χ2v) is 8.98. The summed E-state index contributed by atoms with van der Waals surface area (Å²) in [6.45, 7) is 0.464. The van der Waals surface area contributed by atoms with Crippen molar-refractivity contribution < 1.29 is 19.1 Å². The first-order valence-corrected chi connectivity index (χ1v) is 10.7. The number of ether oxygens (including phenoxy) is 2. The normalized spacial score (nSPS) is 18.4. The average Bonchev–Trinajstić information content (AvgIpc) is 3.30. The van der Waals surface area contributed by atoms with Gasteiger partial charge in [-0.3, -0.25) is 9.59 Å². The molecule has 1 fully saturated rings. The summed E-state index contributed by atoms with van der Waals surface area (Å²) in [6.07, 6.45) is 2.72. The molecule has 1 aliphatic heterocycles. The minimum atomic E-state index is -0.430. The van der Waals surface area contributed by atoms with Gasteiger partial charge >= 0.3 is 0 Å². The molecule has 0 spiro atoms. The Bertz CT molecular complexity index is 885. The van der Waals surface area contributed by atoms with E-state index in [1.54, 1.807) is 14.2 Å². The third-order valence-electron chi connectivity index (χ3n) is 5.14. The van der Waals surface area contributed by atoms with Crippen molar-refractivity contribution in [3.8, 4) is 11.5 Å². The van der Waals surface area contributed by atoms with Crippen molar-refractivity contribution in [2.45, 2.75) is 44.2 Å². The number of halogens is 1. The summed E-state index contributed by atoms with van der Waals surface area (Å²) in [5.74, 6) is 1.30. The first-order chi connectivity index (χ1) is 13.9. The number of amides is 2. The number of carbonyl (C=O) groups is 2. The molecule has 8 heteroatoms. The molecule has 1 aliphatic rings. The van der Waals surface area contributed by atoms with Gasteiger partial charge in [-0.1, -0.05) is 17.7 Å².